The zero-order valence-electron chi connectivity index (χ0n) is 13.9. The number of methoxy groups -OCH3 is 1. The molecule has 0 aliphatic carbocycles. The van der Waals surface area contributed by atoms with Crippen LogP contribution in [0.25, 0.3) is 10.9 Å². The van der Waals surface area contributed by atoms with Crippen LogP contribution in [0.5, 0.6) is 0 Å². The summed E-state index contributed by atoms with van der Waals surface area (Å²) < 4.78 is 4.79. The van der Waals surface area contributed by atoms with Crippen LogP contribution in [-0.4, -0.2) is 47.0 Å². The van der Waals surface area contributed by atoms with Crippen LogP contribution in [-0.2, 0) is 27.3 Å². The average Bonchev–Trinajstić information content (AvgIpc) is 3.12. The Morgan fingerprint density at radius 2 is 2.17 bits per heavy atom. The number of fused-ring (bicyclic) bond motifs is 3. The molecule has 126 valence electrons. The molecule has 0 saturated carbocycles. The largest absolute Gasteiger partial charge is 0.467 e. The van der Waals surface area contributed by atoms with Gasteiger partial charge in [0.1, 0.15) is 11.6 Å². The number of amides is 1. The van der Waals surface area contributed by atoms with Gasteiger partial charge in [0.15, 0.2) is 0 Å². The Balaban J connectivity index is 1.66. The van der Waals surface area contributed by atoms with Crippen molar-refractivity contribution in [3.05, 3.63) is 35.5 Å². The van der Waals surface area contributed by atoms with Gasteiger partial charge in [-0.1, -0.05) is 18.2 Å². The van der Waals surface area contributed by atoms with Gasteiger partial charge in [0.05, 0.1) is 7.11 Å². The smallest absolute Gasteiger partial charge is 0.328 e. The number of aromatic nitrogens is 1. The minimum absolute atomic E-state index is 0.00340. The molecule has 24 heavy (non-hydrogen) atoms. The van der Waals surface area contributed by atoms with Crippen molar-refractivity contribution in [3.8, 4) is 0 Å². The number of hydrogen-bond donors (Lipinski definition) is 2. The van der Waals surface area contributed by atoms with E-state index in [1.54, 1.807) is 11.8 Å². The van der Waals surface area contributed by atoms with E-state index in [1.807, 2.05) is 12.1 Å². The second-order valence-corrected chi connectivity index (χ2v) is 6.69. The van der Waals surface area contributed by atoms with Crippen molar-refractivity contribution in [2.45, 2.75) is 37.9 Å². The molecule has 0 unspecified atom stereocenters. The number of H-pyrrole nitrogens is 1. The van der Waals surface area contributed by atoms with Crippen LogP contribution in [0.4, 0.5) is 0 Å². The van der Waals surface area contributed by atoms with E-state index in [-0.39, 0.29) is 11.9 Å². The number of likely N-dealkylation sites (tertiary alicyclic amines) is 1. The topological polar surface area (TPSA) is 74.4 Å². The molecule has 1 spiro atoms. The van der Waals surface area contributed by atoms with Crippen LogP contribution < -0.4 is 5.32 Å². The van der Waals surface area contributed by atoms with Crippen LogP contribution in [0.3, 0.4) is 0 Å². The predicted octanol–water partition coefficient (Wildman–Crippen LogP) is 1.35. The fourth-order valence-corrected chi connectivity index (χ4v) is 4.02. The Kier molecular flexibility index (Phi) is 3.38. The lowest BCUT2D eigenvalue weighted by atomic mass is 9.85. The summed E-state index contributed by atoms with van der Waals surface area (Å²) in [4.78, 5) is 29.9. The first-order valence-electron chi connectivity index (χ1n) is 8.28. The second-order valence-electron chi connectivity index (χ2n) is 6.69. The maximum absolute atomic E-state index is 13.1. The Labute approximate surface area is 140 Å². The van der Waals surface area contributed by atoms with Gasteiger partial charge in [0.25, 0.3) is 0 Å². The number of hydrogen-bond acceptors (Lipinski definition) is 4. The number of para-hydroxylation sites is 1. The zero-order valence-corrected chi connectivity index (χ0v) is 13.9. The first-order valence-corrected chi connectivity index (χ1v) is 8.28. The minimum Gasteiger partial charge on any atom is -0.467 e. The third-order valence-electron chi connectivity index (χ3n) is 5.44. The molecule has 1 aromatic carbocycles. The highest BCUT2D eigenvalue weighted by atomic mass is 16.5. The molecule has 2 atom stereocenters. The highest BCUT2D eigenvalue weighted by Gasteiger charge is 2.50. The van der Waals surface area contributed by atoms with Gasteiger partial charge in [-0.15, -0.1) is 0 Å². The maximum Gasteiger partial charge on any atom is 0.328 e. The van der Waals surface area contributed by atoms with Crippen LogP contribution in [0.2, 0.25) is 0 Å². The molecule has 1 fully saturated rings. The molecular formula is C18H21N3O3. The van der Waals surface area contributed by atoms with E-state index in [1.165, 1.54) is 18.1 Å². The standard InChI is InChI=1S/C18H21N3O3/c1-11(16(22)24-2)21-8-7-18(17(21)23)9-13-12-5-3-4-6-14(12)20-15(13)10-19-18/h3-6,11,19-20H,7-10H2,1-2H3/t11-,18+/m0/s1. The number of benzene rings is 1. The number of ether oxygens (including phenoxy) is 1. The van der Waals surface area contributed by atoms with E-state index in [4.69, 9.17) is 4.74 Å². The molecular weight excluding hydrogens is 306 g/mol. The van der Waals surface area contributed by atoms with Gasteiger partial charge in [-0.25, -0.2) is 4.79 Å². The molecule has 4 rings (SSSR count). The predicted molar refractivity (Wildman–Crippen MR) is 89.4 cm³/mol. The van der Waals surface area contributed by atoms with Crippen LogP contribution in [0, 0.1) is 0 Å². The van der Waals surface area contributed by atoms with E-state index >= 15 is 0 Å². The summed E-state index contributed by atoms with van der Waals surface area (Å²) in [6.07, 6.45) is 1.35. The summed E-state index contributed by atoms with van der Waals surface area (Å²) in [5, 5.41) is 4.61. The Morgan fingerprint density at radius 3 is 2.96 bits per heavy atom. The van der Waals surface area contributed by atoms with Crippen LogP contribution >= 0.6 is 0 Å². The van der Waals surface area contributed by atoms with E-state index < -0.39 is 11.6 Å². The van der Waals surface area contributed by atoms with Gasteiger partial charge in [-0.05, 0) is 25.0 Å². The van der Waals surface area contributed by atoms with Gasteiger partial charge < -0.3 is 14.6 Å². The molecule has 2 aromatic rings. The molecule has 0 bridgehead atoms. The first kappa shape index (κ1) is 15.2. The highest BCUT2D eigenvalue weighted by molar-refractivity contribution is 5.94. The van der Waals surface area contributed by atoms with Crippen molar-refractivity contribution in [1.29, 1.82) is 0 Å². The fraction of sp³-hybridized carbons (Fsp3) is 0.444. The van der Waals surface area contributed by atoms with Crippen molar-refractivity contribution in [3.63, 3.8) is 0 Å². The molecule has 1 aromatic heterocycles. The number of nitrogens with zero attached hydrogens (tertiary/aromatic N) is 1. The number of carbonyl (C=O) groups excluding carboxylic acids is 2. The number of aromatic amines is 1. The number of nitrogens with one attached hydrogen (secondary N) is 2. The molecule has 2 N–H and O–H groups in total. The van der Waals surface area contributed by atoms with Gasteiger partial charge in [-0.3, -0.25) is 10.1 Å². The lowest BCUT2D eigenvalue weighted by Crippen LogP contribution is -2.56. The highest BCUT2D eigenvalue weighted by Crippen LogP contribution is 2.36. The SMILES string of the molecule is COC(=O)[C@H](C)N1CC[C@@]2(Cc3c([nH]c4ccccc34)CN2)C1=O. The van der Waals surface area contributed by atoms with Crippen molar-refractivity contribution in [2.24, 2.45) is 0 Å². The zero-order chi connectivity index (χ0) is 16.9. The van der Waals surface area contributed by atoms with E-state index in [2.05, 4.69) is 22.4 Å². The van der Waals surface area contributed by atoms with Crippen LogP contribution in [0.1, 0.15) is 24.6 Å². The lowest BCUT2D eigenvalue weighted by Gasteiger charge is -2.34. The van der Waals surface area contributed by atoms with Gasteiger partial charge >= 0.3 is 5.97 Å². The fourth-order valence-electron chi connectivity index (χ4n) is 4.02. The third-order valence-corrected chi connectivity index (χ3v) is 5.44. The van der Waals surface area contributed by atoms with Gasteiger partial charge in [0.2, 0.25) is 5.91 Å². The molecule has 6 heteroatoms. The Morgan fingerprint density at radius 1 is 1.38 bits per heavy atom. The van der Waals surface area contributed by atoms with Crippen molar-refractivity contribution in [2.75, 3.05) is 13.7 Å². The summed E-state index contributed by atoms with van der Waals surface area (Å²) in [6.45, 7) is 2.93. The minimum atomic E-state index is -0.611. The Bertz CT molecular complexity index is 828. The monoisotopic (exact) mass is 327 g/mol. The molecule has 1 saturated heterocycles. The normalized spacial score (nSPS) is 24.4. The second kappa shape index (κ2) is 5.34. The summed E-state index contributed by atoms with van der Waals surface area (Å²) in [6, 6.07) is 7.63. The van der Waals surface area contributed by atoms with Crippen molar-refractivity contribution >= 4 is 22.8 Å². The molecule has 1 amide bonds. The van der Waals surface area contributed by atoms with Gasteiger partial charge in [-0.2, -0.15) is 0 Å². The van der Waals surface area contributed by atoms with Crippen molar-refractivity contribution in [1.82, 2.24) is 15.2 Å². The summed E-state index contributed by atoms with van der Waals surface area (Å²) in [5.41, 5.74) is 2.85. The summed E-state index contributed by atoms with van der Waals surface area (Å²) >= 11 is 0. The number of esters is 1. The lowest BCUT2D eigenvalue weighted by molar-refractivity contribution is -0.151. The number of carbonyl (C=O) groups is 2. The average molecular weight is 327 g/mol. The van der Waals surface area contributed by atoms with Crippen molar-refractivity contribution < 1.29 is 14.3 Å². The first-order chi connectivity index (χ1) is 11.6. The molecule has 3 heterocycles. The quantitative estimate of drug-likeness (QED) is 0.817. The molecule has 0 radical (unpaired) electrons. The molecule has 2 aliphatic heterocycles. The van der Waals surface area contributed by atoms with Crippen LogP contribution in [0.15, 0.2) is 24.3 Å². The van der Waals surface area contributed by atoms with E-state index in [0.717, 1.165) is 11.2 Å². The maximum atomic E-state index is 13.1. The van der Waals surface area contributed by atoms with E-state index in [0.29, 0.717) is 25.9 Å². The van der Waals surface area contributed by atoms with Gasteiger partial charge in [0, 0.05) is 36.1 Å². The summed E-state index contributed by atoms with van der Waals surface area (Å²) in [5.74, 6) is -0.375. The van der Waals surface area contributed by atoms with E-state index in [9.17, 15) is 9.59 Å². The molecule has 6 nitrogen and oxygen atoms in total. The Hall–Kier alpha value is -2.34. The third kappa shape index (κ3) is 2.06. The number of rotatable bonds is 2. The summed E-state index contributed by atoms with van der Waals surface area (Å²) in [7, 11) is 1.35. The molecule has 2 aliphatic rings.